The van der Waals surface area contributed by atoms with Crippen molar-refractivity contribution in [3.8, 4) is 0 Å². The van der Waals surface area contributed by atoms with Crippen LogP contribution in [-0.2, 0) is 16.1 Å². The Labute approximate surface area is 191 Å². The van der Waals surface area contributed by atoms with Gasteiger partial charge in [0.1, 0.15) is 11.4 Å². The van der Waals surface area contributed by atoms with Gasteiger partial charge in [-0.3, -0.25) is 23.9 Å². The SMILES string of the molecule is Cc1c(C(=O)NCCCN2CCOCC2)sc2ncn(CC(=O)N3CCCCC3)c(=O)c12. The molecule has 0 bridgehead atoms. The zero-order chi connectivity index (χ0) is 22.5. The molecular formula is C22H31N5O4S. The molecule has 0 aromatic carbocycles. The Morgan fingerprint density at radius 3 is 2.66 bits per heavy atom. The van der Waals surface area contributed by atoms with Gasteiger partial charge in [-0.05, 0) is 44.7 Å². The van der Waals surface area contributed by atoms with Gasteiger partial charge < -0.3 is 15.0 Å². The lowest BCUT2D eigenvalue weighted by Gasteiger charge is -2.26. The van der Waals surface area contributed by atoms with Crippen LogP contribution in [0.1, 0.15) is 40.9 Å². The van der Waals surface area contributed by atoms with Crippen LogP contribution in [0.25, 0.3) is 10.2 Å². The Morgan fingerprint density at radius 2 is 1.91 bits per heavy atom. The van der Waals surface area contributed by atoms with E-state index in [-0.39, 0.29) is 23.9 Å². The highest BCUT2D eigenvalue weighted by molar-refractivity contribution is 7.20. The number of hydrogen-bond acceptors (Lipinski definition) is 7. The lowest BCUT2D eigenvalue weighted by Crippen LogP contribution is -2.39. The number of ether oxygens (including phenoxy) is 1. The third-order valence-electron chi connectivity index (χ3n) is 6.18. The molecule has 2 aliphatic heterocycles. The van der Waals surface area contributed by atoms with E-state index in [1.54, 1.807) is 6.92 Å². The van der Waals surface area contributed by atoms with Gasteiger partial charge in [-0.15, -0.1) is 11.3 Å². The maximum Gasteiger partial charge on any atom is 0.262 e. The minimum Gasteiger partial charge on any atom is -0.379 e. The standard InChI is InChI=1S/C22H31N5O4S/c1-16-18-21(24-15-27(22(18)30)14-17(28)26-8-3-2-4-9-26)32-19(16)20(29)23-6-5-7-25-10-12-31-13-11-25/h15H,2-14H2,1H3,(H,23,29). The molecule has 2 amide bonds. The number of thiophene rings is 1. The zero-order valence-corrected chi connectivity index (χ0v) is 19.4. The molecule has 2 aromatic rings. The molecule has 174 valence electrons. The van der Waals surface area contributed by atoms with Crippen molar-refractivity contribution in [3.05, 3.63) is 27.1 Å². The van der Waals surface area contributed by atoms with E-state index < -0.39 is 0 Å². The number of aryl methyl sites for hydroxylation is 1. The molecule has 2 aromatic heterocycles. The fraction of sp³-hybridized carbons (Fsp3) is 0.636. The van der Waals surface area contributed by atoms with Gasteiger partial charge in [0.05, 0.1) is 29.8 Å². The van der Waals surface area contributed by atoms with Gasteiger partial charge in [0.25, 0.3) is 11.5 Å². The molecular weight excluding hydrogens is 430 g/mol. The Kier molecular flexibility index (Phi) is 7.54. The molecule has 4 rings (SSSR count). The topological polar surface area (TPSA) is 96.8 Å². The largest absolute Gasteiger partial charge is 0.379 e. The van der Waals surface area contributed by atoms with E-state index in [0.29, 0.717) is 27.2 Å². The van der Waals surface area contributed by atoms with Gasteiger partial charge in [-0.25, -0.2) is 4.98 Å². The van der Waals surface area contributed by atoms with E-state index in [0.717, 1.165) is 71.6 Å². The molecule has 0 unspecified atom stereocenters. The first-order valence-electron chi connectivity index (χ1n) is 11.4. The van der Waals surface area contributed by atoms with Crippen molar-refractivity contribution in [1.29, 1.82) is 0 Å². The summed E-state index contributed by atoms with van der Waals surface area (Å²) >= 11 is 1.23. The second-order valence-electron chi connectivity index (χ2n) is 8.42. The maximum absolute atomic E-state index is 13.1. The number of carbonyl (C=O) groups is 2. The Morgan fingerprint density at radius 1 is 1.16 bits per heavy atom. The van der Waals surface area contributed by atoms with Crippen molar-refractivity contribution in [3.63, 3.8) is 0 Å². The number of hydrogen-bond donors (Lipinski definition) is 1. The Bertz CT molecular complexity index is 1020. The molecule has 9 nitrogen and oxygen atoms in total. The Balaban J connectivity index is 1.40. The number of piperidine rings is 1. The number of aromatic nitrogens is 2. The molecule has 2 saturated heterocycles. The summed E-state index contributed by atoms with van der Waals surface area (Å²) in [5, 5.41) is 3.40. The fourth-order valence-electron chi connectivity index (χ4n) is 4.29. The summed E-state index contributed by atoms with van der Waals surface area (Å²) in [6.07, 6.45) is 5.44. The summed E-state index contributed by atoms with van der Waals surface area (Å²) < 4.78 is 6.71. The van der Waals surface area contributed by atoms with E-state index in [1.807, 2.05) is 4.90 Å². The van der Waals surface area contributed by atoms with Crippen LogP contribution in [0.4, 0.5) is 0 Å². The first kappa shape index (κ1) is 22.9. The summed E-state index contributed by atoms with van der Waals surface area (Å²) in [4.78, 5) is 47.9. The predicted octanol–water partition coefficient (Wildman–Crippen LogP) is 1.23. The summed E-state index contributed by atoms with van der Waals surface area (Å²) in [5.41, 5.74) is 0.369. The molecule has 0 spiro atoms. The number of nitrogens with one attached hydrogen (secondary N) is 1. The molecule has 1 N–H and O–H groups in total. The van der Waals surface area contributed by atoms with Gasteiger partial charge in [-0.1, -0.05) is 0 Å². The normalized spacial score (nSPS) is 17.6. The van der Waals surface area contributed by atoms with Gasteiger partial charge in [0, 0.05) is 32.7 Å². The quantitative estimate of drug-likeness (QED) is 0.623. The monoisotopic (exact) mass is 461 g/mol. The minimum atomic E-state index is -0.263. The molecule has 10 heteroatoms. The van der Waals surface area contributed by atoms with Gasteiger partial charge in [-0.2, -0.15) is 0 Å². The first-order valence-corrected chi connectivity index (χ1v) is 12.2. The van der Waals surface area contributed by atoms with E-state index in [9.17, 15) is 14.4 Å². The smallest absolute Gasteiger partial charge is 0.262 e. The third kappa shape index (κ3) is 5.19. The van der Waals surface area contributed by atoms with Crippen LogP contribution in [0, 0.1) is 6.92 Å². The first-order chi connectivity index (χ1) is 15.5. The average Bonchev–Trinajstić information content (AvgIpc) is 3.16. The van der Waals surface area contributed by atoms with Gasteiger partial charge >= 0.3 is 0 Å². The molecule has 0 atom stereocenters. The van der Waals surface area contributed by atoms with Crippen LogP contribution in [0.2, 0.25) is 0 Å². The number of rotatable bonds is 7. The van der Waals surface area contributed by atoms with E-state index in [1.165, 1.54) is 22.2 Å². The van der Waals surface area contributed by atoms with Crippen molar-refractivity contribution in [2.75, 3.05) is 52.5 Å². The van der Waals surface area contributed by atoms with Crippen molar-refractivity contribution < 1.29 is 14.3 Å². The highest BCUT2D eigenvalue weighted by atomic mass is 32.1. The summed E-state index contributed by atoms with van der Waals surface area (Å²) in [5.74, 6) is -0.234. The molecule has 4 heterocycles. The van der Waals surface area contributed by atoms with Crippen LogP contribution in [0.5, 0.6) is 0 Å². The average molecular weight is 462 g/mol. The van der Waals surface area contributed by atoms with Gasteiger partial charge in [0.2, 0.25) is 5.91 Å². The summed E-state index contributed by atoms with van der Waals surface area (Å²) in [6, 6.07) is 0. The van der Waals surface area contributed by atoms with Crippen LogP contribution in [0.3, 0.4) is 0 Å². The van der Waals surface area contributed by atoms with Crippen molar-refractivity contribution >= 4 is 33.4 Å². The van der Waals surface area contributed by atoms with E-state index >= 15 is 0 Å². The predicted molar refractivity (Wildman–Crippen MR) is 123 cm³/mol. The fourth-order valence-corrected chi connectivity index (χ4v) is 5.34. The zero-order valence-electron chi connectivity index (χ0n) is 18.6. The lowest BCUT2D eigenvalue weighted by molar-refractivity contribution is -0.132. The number of fused-ring (bicyclic) bond motifs is 1. The summed E-state index contributed by atoms with van der Waals surface area (Å²) in [7, 11) is 0. The molecule has 2 fully saturated rings. The third-order valence-corrected chi connectivity index (χ3v) is 7.38. The van der Waals surface area contributed by atoms with Crippen LogP contribution < -0.4 is 10.9 Å². The molecule has 0 saturated carbocycles. The number of amides is 2. The van der Waals surface area contributed by atoms with Crippen LogP contribution in [0.15, 0.2) is 11.1 Å². The van der Waals surface area contributed by atoms with Crippen LogP contribution in [-0.4, -0.2) is 83.6 Å². The molecule has 2 aliphatic rings. The Hall–Kier alpha value is -2.30. The lowest BCUT2D eigenvalue weighted by atomic mass is 10.1. The number of likely N-dealkylation sites (tertiary alicyclic amines) is 1. The second kappa shape index (κ2) is 10.5. The number of carbonyl (C=O) groups excluding carboxylic acids is 2. The molecule has 0 radical (unpaired) electrons. The second-order valence-corrected chi connectivity index (χ2v) is 9.42. The van der Waals surface area contributed by atoms with Crippen molar-refractivity contribution in [1.82, 2.24) is 24.7 Å². The highest BCUT2D eigenvalue weighted by Crippen LogP contribution is 2.26. The van der Waals surface area contributed by atoms with E-state index in [2.05, 4.69) is 15.2 Å². The number of nitrogens with zero attached hydrogens (tertiary/aromatic N) is 4. The van der Waals surface area contributed by atoms with Crippen molar-refractivity contribution in [2.24, 2.45) is 0 Å². The van der Waals surface area contributed by atoms with Gasteiger partial charge in [0.15, 0.2) is 0 Å². The maximum atomic E-state index is 13.1. The molecule has 32 heavy (non-hydrogen) atoms. The minimum absolute atomic E-state index is 0.0138. The highest BCUT2D eigenvalue weighted by Gasteiger charge is 2.22. The van der Waals surface area contributed by atoms with Crippen LogP contribution >= 0.6 is 11.3 Å². The number of morpholine rings is 1. The van der Waals surface area contributed by atoms with E-state index in [4.69, 9.17) is 4.74 Å². The summed E-state index contributed by atoms with van der Waals surface area (Å²) in [6.45, 7) is 8.15. The molecule has 0 aliphatic carbocycles. The van der Waals surface area contributed by atoms with Crippen molar-refractivity contribution in [2.45, 2.75) is 39.2 Å².